The molecule has 1 saturated heterocycles. The molecular formula is C14H19N7O. The van der Waals surface area contributed by atoms with Crippen molar-refractivity contribution in [3.8, 4) is 0 Å². The van der Waals surface area contributed by atoms with E-state index >= 15 is 0 Å². The van der Waals surface area contributed by atoms with Crippen LogP contribution in [-0.4, -0.2) is 28.9 Å². The Hall–Kier alpha value is -2.16. The molecule has 0 saturated carbocycles. The third-order valence-corrected chi connectivity index (χ3v) is 4.11. The molecule has 22 heavy (non-hydrogen) atoms. The van der Waals surface area contributed by atoms with Crippen LogP contribution in [0.1, 0.15) is 24.3 Å². The average Bonchev–Trinajstić information content (AvgIpc) is 3.19. The Kier molecular flexibility index (Phi) is 3.03. The number of rotatable bonds is 3. The van der Waals surface area contributed by atoms with Crippen molar-refractivity contribution in [3.63, 3.8) is 0 Å². The van der Waals surface area contributed by atoms with Crippen LogP contribution in [0, 0.1) is 0 Å². The summed E-state index contributed by atoms with van der Waals surface area (Å²) in [5.41, 5.74) is 19.7. The molecule has 2 aliphatic rings. The molecule has 0 spiro atoms. The lowest BCUT2D eigenvalue weighted by Crippen LogP contribution is -2.50. The second-order valence-electron chi connectivity index (χ2n) is 5.79. The van der Waals surface area contributed by atoms with Crippen LogP contribution < -0.4 is 22.3 Å². The van der Waals surface area contributed by atoms with E-state index in [0.29, 0.717) is 0 Å². The number of fused-ring (bicyclic) bond motifs is 1. The van der Waals surface area contributed by atoms with Gasteiger partial charge in [0.05, 0.1) is 6.54 Å². The van der Waals surface area contributed by atoms with Crippen LogP contribution in [0.4, 0.5) is 0 Å². The van der Waals surface area contributed by atoms with Crippen molar-refractivity contribution in [2.45, 2.75) is 25.2 Å². The van der Waals surface area contributed by atoms with E-state index in [0.717, 1.165) is 42.2 Å². The van der Waals surface area contributed by atoms with Crippen molar-refractivity contribution in [1.29, 1.82) is 0 Å². The summed E-state index contributed by atoms with van der Waals surface area (Å²) in [5.74, 6) is -0.0788. The maximum atomic E-state index is 6.19. The molecule has 2 aliphatic heterocycles. The summed E-state index contributed by atoms with van der Waals surface area (Å²) < 4.78 is 5.81. The Morgan fingerprint density at radius 1 is 1.32 bits per heavy atom. The van der Waals surface area contributed by atoms with Crippen molar-refractivity contribution in [1.82, 2.24) is 20.7 Å². The van der Waals surface area contributed by atoms with E-state index in [1.54, 1.807) is 0 Å². The minimum Gasteiger partial charge on any atom is -0.439 e. The van der Waals surface area contributed by atoms with Gasteiger partial charge in [-0.05, 0) is 44.1 Å². The molecule has 0 bridgehead atoms. The number of aliphatic imine (C=N–C) groups is 1. The second kappa shape index (κ2) is 4.94. The number of oxazole rings is 1. The highest BCUT2D eigenvalue weighted by atomic mass is 16.3. The number of benzene rings is 1. The van der Waals surface area contributed by atoms with E-state index in [1.165, 1.54) is 12.8 Å². The van der Waals surface area contributed by atoms with Gasteiger partial charge in [-0.2, -0.15) is 5.43 Å². The fourth-order valence-corrected chi connectivity index (χ4v) is 2.95. The van der Waals surface area contributed by atoms with Crippen molar-refractivity contribution >= 4 is 17.1 Å². The molecule has 1 unspecified atom stereocenters. The summed E-state index contributed by atoms with van der Waals surface area (Å²) in [6.45, 7) is 2.97. The number of aromatic nitrogens is 1. The standard InChI is InChI=1S/C14H19N7O/c15-13-18-14(16,20-19-13)9-3-4-11-10(7-9)17-12(22-11)8-21-5-1-2-6-21/h3-4,7,20H,1-2,5-6,8,16H2,(H3,15,18,19). The van der Waals surface area contributed by atoms with Crippen LogP contribution in [0.25, 0.3) is 11.1 Å². The summed E-state index contributed by atoms with van der Waals surface area (Å²) in [7, 11) is 0. The van der Waals surface area contributed by atoms with Gasteiger partial charge in [0.25, 0.3) is 0 Å². The minimum atomic E-state index is -1.08. The fraction of sp³-hybridized carbons (Fsp3) is 0.429. The first-order chi connectivity index (χ1) is 10.6. The summed E-state index contributed by atoms with van der Waals surface area (Å²) in [5, 5.41) is 0. The maximum Gasteiger partial charge on any atom is 0.209 e. The van der Waals surface area contributed by atoms with Gasteiger partial charge in [0.1, 0.15) is 5.52 Å². The molecule has 2 aromatic rings. The number of hydrogen-bond donors (Lipinski definition) is 4. The molecule has 1 aromatic heterocycles. The zero-order valence-electron chi connectivity index (χ0n) is 12.2. The number of nitrogens with two attached hydrogens (primary N) is 2. The van der Waals surface area contributed by atoms with Crippen LogP contribution >= 0.6 is 0 Å². The van der Waals surface area contributed by atoms with E-state index in [2.05, 4.69) is 25.7 Å². The lowest BCUT2D eigenvalue weighted by molar-refractivity contribution is 0.295. The van der Waals surface area contributed by atoms with Gasteiger partial charge in [-0.3, -0.25) is 16.1 Å². The van der Waals surface area contributed by atoms with Gasteiger partial charge < -0.3 is 10.2 Å². The maximum absolute atomic E-state index is 6.19. The first-order valence-electron chi connectivity index (χ1n) is 7.42. The van der Waals surface area contributed by atoms with Gasteiger partial charge in [-0.1, -0.05) is 0 Å². The highest BCUT2D eigenvalue weighted by Gasteiger charge is 2.32. The van der Waals surface area contributed by atoms with Gasteiger partial charge in [-0.25, -0.2) is 9.98 Å². The number of nitrogens with zero attached hydrogens (tertiary/aromatic N) is 3. The highest BCUT2D eigenvalue weighted by molar-refractivity contribution is 5.80. The van der Waals surface area contributed by atoms with Gasteiger partial charge in [0.15, 0.2) is 5.58 Å². The molecule has 0 radical (unpaired) electrons. The van der Waals surface area contributed by atoms with Crippen molar-refractivity contribution in [2.75, 3.05) is 13.1 Å². The molecule has 4 rings (SSSR count). The summed E-state index contributed by atoms with van der Waals surface area (Å²) in [4.78, 5) is 11.1. The van der Waals surface area contributed by atoms with E-state index in [4.69, 9.17) is 15.9 Å². The van der Waals surface area contributed by atoms with E-state index in [-0.39, 0.29) is 5.96 Å². The number of hydrazine groups is 1. The summed E-state index contributed by atoms with van der Waals surface area (Å²) in [6.07, 6.45) is 2.50. The predicted molar refractivity (Wildman–Crippen MR) is 82.3 cm³/mol. The van der Waals surface area contributed by atoms with E-state index in [1.807, 2.05) is 18.2 Å². The van der Waals surface area contributed by atoms with Crippen molar-refractivity contribution in [2.24, 2.45) is 16.5 Å². The Labute approximate surface area is 127 Å². The van der Waals surface area contributed by atoms with Gasteiger partial charge in [0.2, 0.25) is 17.6 Å². The lowest BCUT2D eigenvalue weighted by Gasteiger charge is -2.20. The molecule has 6 N–H and O–H groups in total. The van der Waals surface area contributed by atoms with Crippen LogP contribution in [0.2, 0.25) is 0 Å². The first-order valence-corrected chi connectivity index (χ1v) is 7.42. The second-order valence-corrected chi connectivity index (χ2v) is 5.79. The molecular weight excluding hydrogens is 282 g/mol. The molecule has 1 atom stereocenters. The van der Waals surface area contributed by atoms with Crippen molar-refractivity contribution < 1.29 is 4.42 Å². The quantitative estimate of drug-likeness (QED) is 0.626. The minimum absolute atomic E-state index is 0.262. The van der Waals surface area contributed by atoms with E-state index in [9.17, 15) is 0 Å². The third kappa shape index (κ3) is 2.31. The lowest BCUT2D eigenvalue weighted by atomic mass is 10.1. The van der Waals surface area contributed by atoms with Crippen molar-refractivity contribution in [3.05, 3.63) is 29.7 Å². The monoisotopic (exact) mass is 301 g/mol. The average molecular weight is 301 g/mol. The molecule has 0 aliphatic carbocycles. The Balaban J connectivity index is 1.63. The van der Waals surface area contributed by atoms with Gasteiger partial charge >= 0.3 is 0 Å². The molecule has 0 amide bonds. The molecule has 116 valence electrons. The predicted octanol–water partition coefficient (Wildman–Crippen LogP) is -0.0849. The first kappa shape index (κ1) is 13.5. The molecule has 8 heteroatoms. The third-order valence-electron chi connectivity index (χ3n) is 4.11. The highest BCUT2D eigenvalue weighted by Crippen LogP contribution is 2.25. The van der Waals surface area contributed by atoms with Gasteiger partial charge in [-0.15, -0.1) is 0 Å². The Morgan fingerprint density at radius 2 is 2.14 bits per heavy atom. The summed E-state index contributed by atoms with van der Waals surface area (Å²) in [6, 6.07) is 5.61. The van der Waals surface area contributed by atoms with Crippen LogP contribution in [0.5, 0.6) is 0 Å². The molecule has 1 aromatic carbocycles. The Bertz CT molecular complexity index is 734. The topological polar surface area (TPSA) is 118 Å². The largest absolute Gasteiger partial charge is 0.439 e. The zero-order valence-corrected chi connectivity index (χ0v) is 12.2. The number of nitrogens with one attached hydrogen (secondary N) is 2. The number of guanidine groups is 1. The molecule has 8 nitrogen and oxygen atoms in total. The normalized spacial score (nSPS) is 25.6. The SMILES string of the molecule is NC1=NC(N)(c2ccc3oc(CN4CCCC4)nc3c2)NN1. The van der Waals surface area contributed by atoms with Crippen LogP contribution in [-0.2, 0) is 12.3 Å². The number of likely N-dealkylation sites (tertiary alicyclic amines) is 1. The zero-order chi connectivity index (χ0) is 15.2. The molecule has 1 fully saturated rings. The van der Waals surface area contributed by atoms with E-state index < -0.39 is 5.79 Å². The smallest absolute Gasteiger partial charge is 0.209 e. The Morgan fingerprint density at radius 3 is 2.86 bits per heavy atom. The van der Waals surface area contributed by atoms with Crippen LogP contribution in [0.3, 0.4) is 0 Å². The van der Waals surface area contributed by atoms with Gasteiger partial charge in [0, 0.05) is 5.56 Å². The number of hydrogen-bond acceptors (Lipinski definition) is 8. The molecule has 3 heterocycles. The van der Waals surface area contributed by atoms with Crippen LogP contribution in [0.15, 0.2) is 27.6 Å². The summed E-state index contributed by atoms with van der Waals surface area (Å²) >= 11 is 0. The fourth-order valence-electron chi connectivity index (χ4n) is 2.95.